The van der Waals surface area contributed by atoms with E-state index in [4.69, 9.17) is 4.74 Å². The number of guanidine groups is 1. The number of ether oxygens (including phenoxy) is 1. The van der Waals surface area contributed by atoms with Crippen molar-refractivity contribution in [2.75, 3.05) is 26.8 Å². The SMILES string of the molecule is CN=C(NCCCOCC1CC1)NC1CC1c1ccccc1. The molecule has 2 saturated carbocycles. The Bertz CT molecular complexity index is 484. The Morgan fingerprint density at radius 1 is 1.27 bits per heavy atom. The molecule has 0 aromatic heterocycles. The van der Waals surface area contributed by atoms with Crippen molar-refractivity contribution in [3.63, 3.8) is 0 Å². The van der Waals surface area contributed by atoms with Crippen molar-refractivity contribution in [2.24, 2.45) is 10.9 Å². The number of benzene rings is 1. The van der Waals surface area contributed by atoms with Crippen molar-refractivity contribution in [3.05, 3.63) is 35.9 Å². The second-order valence-corrected chi connectivity index (χ2v) is 6.37. The highest BCUT2D eigenvalue weighted by Gasteiger charge is 2.38. The molecule has 0 spiro atoms. The minimum absolute atomic E-state index is 0.514. The minimum Gasteiger partial charge on any atom is -0.381 e. The monoisotopic (exact) mass is 301 g/mol. The zero-order chi connectivity index (χ0) is 15.2. The summed E-state index contributed by atoms with van der Waals surface area (Å²) in [5, 5.41) is 6.88. The van der Waals surface area contributed by atoms with Gasteiger partial charge in [0.1, 0.15) is 0 Å². The first kappa shape index (κ1) is 15.3. The van der Waals surface area contributed by atoms with Crippen LogP contribution in [0.5, 0.6) is 0 Å². The maximum absolute atomic E-state index is 5.64. The smallest absolute Gasteiger partial charge is 0.191 e. The lowest BCUT2D eigenvalue weighted by Gasteiger charge is -2.12. The second-order valence-electron chi connectivity index (χ2n) is 6.37. The van der Waals surface area contributed by atoms with E-state index in [0.29, 0.717) is 12.0 Å². The van der Waals surface area contributed by atoms with Crippen LogP contribution in [0.2, 0.25) is 0 Å². The molecular weight excluding hydrogens is 274 g/mol. The summed E-state index contributed by atoms with van der Waals surface area (Å²) in [5.74, 6) is 2.39. The maximum Gasteiger partial charge on any atom is 0.191 e. The van der Waals surface area contributed by atoms with E-state index >= 15 is 0 Å². The lowest BCUT2D eigenvalue weighted by atomic mass is 10.1. The molecule has 0 radical (unpaired) electrons. The standard InChI is InChI=1S/C18H27N3O/c1-19-18(20-10-5-11-22-13-14-8-9-14)21-17-12-16(17)15-6-3-2-4-7-15/h2-4,6-7,14,16-17H,5,8-13H2,1H3,(H2,19,20,21). The normalized spacial score (nSPS) is 24.1. The van der Waals surface area contributed by atoms with E-state index in [1.165, 1.54) is 24.8 Å². The van der Waals surface area contributed by atoms with E-state index in [9.17, 15) is 0 Å². The molecule has 3 rings (SSSR count). The second kappa shape index (κ2) is 7.63. The van der Waals surface area contributed by atoms with Crippen molar-refractivity contribution in [1.82, 2.24) is 10.6 Å². The molecule has 2 N–H and O–H groups in total. The van der Waals surface area contributed by atoms with Crippen LogP contribution < -0.4 is 10.6 Å². The van der Waals surface area contributed by atoms with Gasteiger partial charge in [-0.3, -0.25) is 4.99 Å². The average molecular weight is 301 g/mol. The number of aliphatic imine (C=N–C) groups is 1. The van der Waals surface area contributed by atoms with Gasteiger partial charge >= 0.3 is 0 Å². The quantitative estimate of drug-likeness (QED) is 0.440. The van der Waals surface area contributed by atoms with Crippen LogP contribution in [0, 0.1) is 5.92 Å². The van der Waals surface area contributed by atoms with Gasteiger partial charge in [-0.1, -0.05) is 30.3 Å². The highest BCUT2D eigenvalue weighted by molar-refractivity contribution is 5.80. The summed E-state index contributed by atoms with van der Waals surface area (Å²) in [6.07, 6.45) is 4.94. The van der Waals surface area contributed by atoms with Gasteiger partial charge in [-0.15, -0.1) is 0 Å². The zero-order valence-corrected chi connectivity index (χ0v) is 13.4. The summed E-state index contributed by atoms with van der Waals surface area (Å²) >= 11 is 0. The van der Waals surface area contributed by atoms with E-state index < -0.39 is 0 Å². The predicted molar refractivity (Wildman–Crippen MR) is 90.2 cm³/mol. The molecule has 0 heterocycles. The number of hydrogen-bond donors (Lipinski definition) is 2. The molecule has 2 unspecified atom stereocenters. The number of nitrogens with zero attached hydrogens (tertiary/aromatic N) is 1. The Balaban J connectivity index is 1.29. The first-order valence-electron chi connectivity index (χ1n) is 8.46. The third kappa shape index (κ3) is 4.73. The summed E-state index contributed by atoms with van der Waals surface area (Å²) in [6, 6.07) is 11.2. The first-order chi connectivity index (χ1) is 10.9. The molecule has 0 aliphatic heterocycles. The van der Waals surface area contributed by atoms with Crippen LogP contribution in [0.3, 0.4) is 0 Å². The molecule has 2 atom stereocenters. The van der Waals surface area contributed by atoms with Gasteiger partial charge < -0.3 is 15.4 Å². The summed E-state index contributed by atoms with van der Waals surface area (Å²) in [5.41, 5.74) is 1.42. The Morgan fingerprint density at radius 3 is 2.82 bits per heavy atom. The van der Waals surface area contributed by atoms with Crippen LogP contribution in [-0.4, -0.2) is 38.8 Å². The fraction of sp³-hybridized carbons (Fsp3) is 0.611. The third-order valence-corrected chi connectivity index (χ3v) is 4.37. The molecule has 1 aromatic carbocycles. The fourth-order valence-corrected chi connectivity index (χ4v) is 2.71. The van der Waals surface area contributed by atoms with Gasteiger partial charge in [-0.05, 0) is 37.2 Å². The highest BCUT2D eigenvalue weighted by Crippen LogP contribution is 2.40. The van der Waals surface area contributed by atoms with Crippen molar-refractivity contribution in [3.8, 4) is 0 Å². The largest absolute Gasteiger partial charge is 0.381 e. The Kier molecular flexibility index (Phi) is 5.33. The predicted octanol–water partition coefficient (Wildman–Crippen LogP) is 2.52. The molecule has 0 saturated heterocycles. The van der Waals surface area contributed by atoms with Crippen LogP contribution in [0.4, 0.5) is 0 Å². The van der Waals surface area contributed by atoms with E-state index in [2.05, 4.69) is 46.0 Å². The topological polar surface area (TPSA) is 45.7 Å². The molecule has 0 bridgehead atoms. The number of nitrogens with one attached hydrogen (secondary N) is 2. The van der Waals surface area contributed by atoms with Crippen molar-refractivity contribution in [2.45, 2.75) is 37.6 Å². The first-order valence-corrected chi connectivity index (χ1v) is 8.46. The summed E-state index contributed by atoms with van der Waals surface area (Å²) in [7, 11) is 1.83. The highest BCUT2D eigenvalue weighted by atomic mass is 16.5. The summed E-state index contributed by atoms with van der Waals surface area (Å²) < 4.78 is 5.64. The molecule has 2 aliphatic rings. The summed E-state index contributed by atoms with van der Waals surface area (Å²) in [4.78, 5) is 4.31. The van der Waals surface area contributed by atoms with Crippen LogP contribution in [-0.2, 0) is 4.74 Å². The molecule has 120 valence electrons. The fourth-order valence-electron chi connectivity index (χ4n) is 2.71. The van der Waals surface area contributed by atoms with Crippen LogP contribution in [0.1, 0.15) is 37.2 Å². The molecule has 2 fully saturated rings. The van der Waals surface area contributed by atoms with Gasteiger partial charge in [-0.25, -0.2) is 0 Å². The minimum atomic E-state index is 0.514. The third-order valence-electron chi connectivity index (χ3n) is 4.37. The Hall–Kier alpha value is -1.55. The molecule has 0 amide bonds. The number of hydrogen-bond acceptors (Lipinski definition) is 2. The lowest BCUT2D eigenvalue weighted by Crippen LogP contribution is -2.39. The lowest BCUT2D eigenvalue weighted by molar-refractivity contribution is 0.123. The van der Waals surface area contributed by atoms with Gasteiger partial charge in [-0.2, -0.15) is 0 Å². The molecule has 1 aromatic rings. The van der Waals surface area contributed by atoms with Gasteiger partial charge in [0, 0.05) is 38.8 Å². The Morgan fingerprint density at radius 2 is 2.09 bits per heavy atom. The zero-order valence-electron chi connectivity index (χ0n) is 13.4. The summed E-state index contributed by atoms with van der Waals surface area (Å²) in [6.45, 7) is 2.71. The van der Waals surface area contributed by atoms with E-state index in [1.807, 2.05) is 7.05 Å². The van der Waals surface area contributed by atoms with E-state index in [-0.39, 0.29) is 0 Å². The van der Waals surface area contributed by atoms with Gasteiger partial charge in [0.05, 0.1) is 0 Å². The molecule has 4 heteroatoms. The van der Waals surface area contributed by atoms with E-state index in [1.54, 1.807) is 0 Å². The van der Waals surface area contributed by atoms with Crippen LogP contribution in [0.15, 0.2) is 35.3 Å². The van der Waals surface area contributed by atoms with Gasteiger partial charge in [0.25, 0.3) is 0 Å². The van der Waals surface area contributed by atoms with Crippen molar-refractivity contribution < 1.29 is 4.74 Å². The average Bonchev–Trinajstić information content (AvgIpc) is 3.45. The van der Waals surface area contributed by atoms with Crippen LogP contribution >= 0.6 is 0 Å². The maximum atomic E-state index is 5.64. The molecule has 2 aliphatic carbocycles. The van der Waals surface area contributed by atoms with E-state index in [0.717, 1.165) is 38.1 Å². The molecule has 4 nitrogen and oxygen atoms in total. The molecule has 22 heavy (non-hydrogen) atoms. The number of rotatable bonds is 8. The van der Waals surface area contributed by atoms with Gasteiger partial charge in [0.15, 0.2) is 5.96 Å². The van der Waals surface area contributed by atoms with Crippen molar-refractivity contribution in [1.29, 1.82) is 0 Å². The van der Waals surface area contributed by atoms with Gasteiger partial charge in [0.2, 0.25) is 0 Å². The molecular formula is C18H27N3O. The Labute approximate surface area is 133 Å². The van der Waals surface area contributed by atoms with Crippen LogP contribution in [0.25, 0.3) is 0 Å². The van der Waals surface area contributed by atoms with Crippen molar-refractivity contribution >= 4 is 5.96 Å².